The maximum atomic E-state index is 12.9. The fourth-order valence-corrected chi connectivity index (χ4v) is 5.51. The van der Waals surface area contributed by atoms with Crippen LogP contribution in [0.4, 0.5) is 5.69 Å². The van der Waals surface area contributed by atoms with Crippen LogP contribution in [0.5, 0.6) is 0 Å². The van der Waals surface area contributed by atoms with Crippen molar-refractivity contribution in [2.45, 2.75) is 18.1 Å². The zero-order valence-electron chi connectivity index (χ0n) is 17.6. The number of sulfonamides is 1. The minimum absolute atomic E-state index is 0.0128. The van der Waals surface area contributed by atoms with Gasteiger partial charge < -0.3 is 9.47 Å². The fourth-order valence-electron chi connectivity index (χ4n) is 3.15. The Morgan fingerprint density at radius 2 is 1.53 bits per heavy atom. The predicted octanol–water partition coefficient (Wildman–Crippen LogP) is 4.45. The van der Waals surface area contributed by atoms with Crippen LogP contribution in [0.3, 0.4) is 0 Å². The molecule has 0 saturated carbocycles. The molecule has 0 aliphatic rings. The number of benzene rings is 1. The van der Waals surface area contributed by atoms with Crippen molar-refractivity contribution in [2.75, 3.05) is 18.9 Å². The summed E-state index contributed by atoms with van der Waals surface area (Å²) in [5, 5.41) is 2.02. The zero-order valence-corrected chi connectivity index (χ0v) is 19.9. The average molecular weight is 495 g/mol. The largest absolute Gasteiger partial charge is 0.465 e. The van der Waals surface area contributed by atoms with E-state index in [2.05, 4.69) is 9.71 Å². The van der Waals surface area contributed by atoms with E-state index in [9.17, 15) is 18.0 Å². The predicted molar refractivity (Wildman–Crippen MR) is 122 cm³/mol. The molecule has 0 bridgehead atoms. The third kappa shape index (κ3) is 4.62. The highest BCUT2D eigenvalue weighted by atomic mass is 35.5. The van der Waals surface area contributed by atoms with Crippen LogP contribution in [0.1, 0.15) is 32.1 Å². The maximum absolute atomic E-state index is 12.9. The van der Waals surface area contributed by atoms with E-state index < -0.39 is 22.0 Å². The van der Waals surface area contributed by atoms with Crippen LogP contribution in [-0.4, -0.2) is 39.6 Å². The number of hydrogen-bond donors (Lipinski definition) is 1. The molecular formula is C21H19ClN2O6S2. The van der Waals surface area contributed by atoms with Crippen molar-refractivity contribution in [1.29, 1.82) is 0 Å². The minimum Gasteiger partial charge on any atom is -0.465 e. The SMILES string of the molecule is COC(=O)c1c(C)nc(C)c(C(=O)OC)c1-c1csc(S(=O)(=O)Nc2ccc(Cl)cc2)c1. The van der Waals surface area contributed by atoms with Crippen molar-refractivity contribution >= 4 is 50.6 Å². The number of carbonyl (C=O) groups is 2. The third-order valence-electron chi connectivity index (χ3n) is 4.56. The number of nitrogens with one attached hydrogen (secondary N) is 1. The van der Waals surface area contributed by atoms with E-state index in [4.69, 9.17) is 21.1 Å². The van der Waals surface area contributed by atoms with Crippen molar-refractivity contribution < 1.29 is 27.5 Å². The number of aromatic nitrogens is 1. The summed E-state index contributed by atoms with van der Waals surface area (Å²) in [4.78, 5) is 29.3. The van der Waals surface area contributed by atoms with Gasteiger partial charge in [0.2, 0.25) is 0 Å². The first-order valence-electron chi connectivity index (χ1n) is 9.14. The number of anilines is 1. The van der Waals surface area contributed by atoms with Crippen molar-refractivity contribution in [3.05, 3.63) is 63.2 Å². The molecule has 2 heterocycles. The molecule has 3 rings (SSSR count). The van der Waals surface area contributed by atoms with Gasteiger partial charge in [-0.25, -0.2) is 18.0 Å². The number of esters is 2. The lowest BCUT2D eigenvalue weighted by Gasteiger charge is -2.15. The Bertz CT molecular complexity index is 1260. The maximum Gasteiger partial charge on any atom is 0.340 e. The first kappa shape index (κ1) is 23.7. The molecule has 3 aromatic rings. The molecule has 32 heavy (non-hydrogen) atoms. The van der Waals surface area contributed by atoms with E-state index in [1.165, 1.54) is 32.4 Å². The first-order valence-corrected chi connectivity index (χ1v) is 11.9. The molecule has 0 atom stereocenters. The minimum atomic E-state index is -3.93. The summed E-state index contributed by atoms with van der Waals surface area (Å²) in [5.41, 5.74) is 1.69. The van der Waals surface area contributed by atoms with Gasteiger partial charge in [-0.1, -0.05) is 11.6 Å². The molecule has 0 aliphatic carbocycles. The van der Waals surface area contributed by atoms with Crippen LogP contribution in [0.2, 0.25) is 5.02 Å². The molecular weight excluding hydrogens is 476 g/mol. The number of carbonyl (C=O) groups excluding carboxylic acids is 2. The summed E-state index contributed by atoms with van der Waals surface area (Å²) in [6.45, 7) is 3.21. The second-order valence-electron chi connectivity index (χ2n) is 6.66. The molecule has 168 valence electrons. The van der Waals surface area contributed by atoms with E-state index >= 15 is 0 Å². The summed E-state index contributed by atoms with van der Waals surface area (Å²) in [6, 6.07) is 7.58. The highest BCUT2D eigenvalue weighted by molar-refractivity contribution is 7.94. The van der Waals surface area contributed by atoms with Gasteiger partial charge in [0.15, 0.2) is 0 Å². The lowest BCUT2D eigenvalue weighted by Crippen LogP contribution is -2.16. The Balaban J connectivity index is 2.16. The standard InChI is InChI=1S/C21H19ClN2O6S2/c1-11-17(20(25)29-3)19(18(12(2)23-11)21(26)30-4)13-9-16(31-10-13)32(27,28)24-15-7-5-14(22)6-8-15/h5-10,24H,1-4H3. The Labute approximate surface area is 194 Å². The van der Waals surface area contributed by atoms with E-state index in [1.807, 2.05) is 0 Å². The van der Waals surface area contributed by atoms with Gasteiger partial charge in [0, 0.05) is 21.7 Å². The van der Waals surface area contributed by atoms with Gasteiger partial charge >= 0.3 is 11.9 Å². The van der Waals surface area contributed by atoms with Crippen LogP contribution in [0.25, 0.3) is 11.1 Å². The number of thiophene rings is 1. The van der Waals surface area contributed by atoms with Gasteiger partial charge in [-0.3, -0.25) is 9.71 Å². The molecule has 2 aromatic heterocycles. The molecule has 8 nitrogen and oxygen atoms in total. The molecule has 0 saturated heterocycles. The van der Waals surface area contributed by atoms with Gasteiger partial charge in [0.05, 0.1) is 36.7 Å². The number of aryl methyl sites for hydroxylation is 2. The Kier molecular flexibility index (Phi) is 6.87. The molecule has 0 unspecified atom stereocenters. The molecule has 1 N–H and O–H groups in total. The summed E-state index contributed by atoms with van der Waals surface area (Å²) in [6.07, 6.45) is 0. The number of hydrogen-bond acceptors (Lipinski definition) is 8. The summed E-state index contributed by atoms with van der Waals surface area (Å²) in [7, 11) is -1.51. The normalized spacial score (nSPS) is 11.2. The smallest absolute Gasteiger partial charge is 0.340 e. The monoisotopic (exact) mass is 494 g/mol. The molecule has 0 spiro atoms. The number of methoxy groups -OCH3 is 2. The number of rotatable bonds is 6. The quantitative estimate of drug-likeness (QED) is 0.503. The summed E-state index contributed by atoms with van der Waals surface area (Å²) >= 11 is 6.79. The van der Waals surface area contributed by atoms with Crippen molar-refractivity contribution in [3.63, 3.8) is 0 Å². The van der Waals surface area contributed by atoms with Crippen molar-refractivity contribution in [1.82, 2.24) is 4.98 Å². The van der Waals surface area contributed by atoms with E-state index in [-0.39, 0.29) is 20.9 Å². The molecule has 0 fully saturated rings. The van der Waals surface area contributed by atoms with Crippen LogP contribution in [0.15, 0.2) is 39.9 Å². The van der Waals surface area contributed by atoms with Crippen LogP contribution in [0, 0.1) is 13.8 Å². The van der Waals surface area contributed by atoms with Gasteiger partial charge in [-0.15, -0.1) is 11.3 Å². The number of pyridine rings is 1. The highest BCUT2D eigenvalue weighted by Gasteiger charge is 2.29. The fraction of sp³-hybridized carbons (Fsp3) is 0.190. The lowest BCUT2D eigenvalue weighted by atomic mass is 9.94. The average Bonchev–Trinajstić information content (AvgIpc) is 3.25. The highest BCUT2D eigenvalue weighted by Crippen LogP contribution is 2.36. The molecule has 0 aliphatic heterocycles. The first-order chi connectivity index (χ1) is 15.1. The van der Waals surface area contributed by atoms with Gasteiger partial charge in [-0.05, 0) is 49.7 Å². The number of halogens is 1. The molecule has 0 radical (unpaired) electrons. The topological polar surface area (TPSA) is 112 Å². The summed E-state index contributed by atoms with van der Waals surface area (Å²) in [5.74, 6) is -1.41. The van der Waals surface area contributed by atoms with Crippen LogP contribution in [-0.2, 0) is 19.5 Å². The van der Waals surface area contributed by atoms with Gasteiger partial charge in [0.1, 0.15) is 4.21 Å². The number of nitrogens with zero attached hydrogens (tertiary/aromatic N) is 1. The van der Waals surface area contributed by atoms with Gasteiger partial charge in [-0.2, -0.15) is 0 Å². The Hall–Kier alpha value is -2.95. The molecule has 11 heteroatoms. The molecule has 0 amide bonds. The lowest BCUT2D eigenvalue weighted by molar-refractivity contribution is 0.0599. The van der Waals surface area contributed by atoms with Gasteiger partial charge in [0.25, 0.3) is 10.0 Å². The number of ether oxygens (including phenoxy) is 2. The van der Waals surface area contributed by atoms with Crippen molar-refractivity contribution in [2.24, 2.45) is 0 Å². The summed E-state index contributed by atoms with van der Waals surface area (Å²) < 4.78 is 38.0. The van der Waals surface area contributed by atoms with E-state index in [1.54, 1.807) is 31.4 Å². The van der Waals surface area contributed by atoms with Crippen molar-refractivity contribution in [3.8, 4) is 11.1 Å². The second-order valence-corrected chi connectivity index (χ2v) is 9.91. The van der Waals surface area contributed by atoms with Crippen LogP contribution >= 0.6 is 22.9 Å². The second kappa shape index (κ2) is 9.27. The third-order valence-corrected chi connectivity index (χ3v) is 7.64. The van der Waals surface area contributed by atoms with E-state index in [0.29, 0.717) is 27.7 Å². The Morgan fingerprint density at radius 1 is 1.00 bits per heavy atom. The zero-order chi connectivity index (χ0) is 23.6. The van der Waals surface area contributed by atoms with Crippen LogP contribution < -0.4 is 4.72 Å². The van der Waals surface area contributed by atoms with E-state index in [0.717, 1.165) is 11.3 Å². The molecule has 1 aromatic carbocycles. The Morgan fingerprint density at radius 3 is 2.03 bits per heavy atom.